The molecule has 1 saturated heterocycles. The van der Waals surface area contributed by atoms with Gasteiger partial charge in [0.25, 0.3) is 5.91 Å². The van der Waals surface area contributed by atoms with E-state index in [-0.39, 0.29) is 12.0 Å². The fourth-order valence-electron chi connectivity index (χ4n) is 2.13. The third kappa shape index (κ3) is 4.35. The third-order valence-electron chi connectivity index (χ3n) is 3.28. The molecule has 0 bridgehead atoms. The van der Waals surface area contributed by atoms with Crippen LogP contribution >= 0.6 is 23.2 Å². The quantitative estimate of drug-likeness (QED) is 0.927. The molecule has 1 aliphatic rings. The zero-order valence-electron chi connectivity index (χ0n) is 11.4. The van der Waals surface area contributed by atoms with E-state index in [9.17, 15) is 4.79 Å². The van der Waals surface area contributed by atoms with Crippen molar-refractivity contribution in [3.63, 3.8) is 0 Å². The first kappa shape index (κ1) is 15.6. The molecule has 110 valence electrons. The van der Waals surface area contributed by atoms with E-state index in [1.165, 1.54) is 0 Å². The lowest BCUT2D eigenvalue weighted by Gasteiger charge is -2.30. The number of hydrogen-bond donors (Lipinski definition) is 1. The van der Waals surface area contributed by atoms with Crippen molar-refractivity contribution in [1.82, 2.24) is 10.2 Å². The molecule has 1 unspecified atom stereocenters. The van der Waals surface area contributed by atoms with Crippen LogP contribution in [0.3, 0.4) is 0 Å². The molecule has 1 N–H and O–H groups in total. The van der Waals surface area contributed by atoms with Crippen molar-refractivity contribution in [3.8, 4) is 0 Å². The molecule has 1 aliphatic heterocycles. The highest BCUT2D eigenvalue weighted by molar-refractivity contribution is 6.42. The summed E-state index contributed by atoms with van der Waals surface area (Å²) < 4.78 is 5.64. The van der Waals surface area contributed by atoms with E-state index in [1.807, 2.05) is 0 Å². The van der Waals surface area contributed by atoms with Crippen LogP contribution in [0.15, 0.2) is 18.2 Å². The summed E-state index contributed by atoms with van der Waals surface area (Å²) in [7, 11) is 2.07. The number of carbonyl (C=O) groups excluding carboxylic acids is 1. The largest absolute Gasteiger partial charge is 0.375 e. The molecular weight excluding hydrogens is 299 g/mol. The van der Waals surface area contributed by atoms with Crippen LogP contribution in [0.4, 0.5) is 0 Å². The molecule has 4 nitrogen and oxygen atoms in total. The van der Waals surface area contributed by atoms with Crippen molar-refractivity contribution in [2.75, 3.05) is 33.3 Å². The number of likely N-dealkylation sites (N-methyl/N-ethyl adjacent to an activating group) is 1. The van der Waals surface area contributed by atoms with Crippen LogP contribution in [-0.4, -0.2) is 50.2 Å². The smallest absolute Gasteiger partial charge is 0.251 e. The molecule has 1 fully saturated rings. The molecule has 0 spiro atoms. The molecule has 1 aromatic rings. The SMILES string of the molecule is CN1CCOC(CCNC(=O)c2ccc(Cl)c(Cl)c2)C1. The summed E-state index contributed by atoms with van der Waals surface area (Å²) in [6, 6.07) is 4.86. The normalized spacial score (nSPS) is 19.9. The van der Waals surface area contributed by atoms with Gasteiger partial charge >= 0.3 is 0 Å². The maximum absolute atomic E-state index is 12.0. The second kappa shape index (κ2) is 7.27. The van der Waals surface area contributed by atoms with Crippen LogP contribution in [0.1, 0.15) is 16.8 Å². The van der Waals surface area contributed by atoms with Crippen molar-refractivity contribution in [1.29, 1.82) is 0 Å². The van der Waals surface area contributed by atoms with E-state index < -0.39 is 0 Å². The Labute approximate surface area is 129 Å². The first-order chi connectivity index (χ1) is 9.56. The summed E-state index contributed by atoms with van der Waals surface area (Å²) in [5, 5.41) is 3.70. The second-order valence-electron chi connectivity index (χ2n) is 4.93. The van der Waals surface area contributed by atoms with Crippen molar-refractivity contribution < 1.29 is 9.53 Å². The lowest BCUT2D eigenvalue weighted by atomic mass is 10.2. The zero-order valence-corrected chi connectivity index (χ0v) is 12.9. The molecule has 0 aromatic heterocycles. The van der Waals surface area contributed by atoms with E-state index >= 15 is 0 Å². The van der Waals surface area contributed by atoms with Gasteiger partial charge in [-0.25, -0.2) is 0 Å². The highest BCUT2D eigenvalue weighted by Crippen LogP contribution is 2.22. The number of morpholine rings is 1. The number of nitrogens with one attached hydrogen (secondary N) is 1. The molecule has 0 aliphatic carbocycles. The molecule has 1 aromatic carbocycles. The number of nitrogens with zero attached hydrogens (tertiary/aromatic N) is 1. The first-order valence-electron chi connectivity index (χ1n) is 6.59. The van der Waals surface area contributed by atoms with Gasteiger partial charge in [0.2, 0.25) is 0 Å². The number of benzene rings is 1. The van der Waals surface area contributed by atoms with E-state index in [0.717, 1.165) is 26.1 Å². The molecule has 2 rings (SSSR count). The monoisotopic (exact) mass is 316 g/mol. The van der Waals surface area contributed by atoms with Gasteiger partial charge < -0.3 is 15.0 Å². The molecule has 1 amide bonds. The third-order valence-corrected chi connectivity index (χ3v) is 4.01. The Bertz CT molecular complexity index is 482. The van der Waals surface area contributed by atoms with Crippen LogP contribution in [-0.2, 0) is 4.74 Å². The molecule has 0 saturated carbocycles. The fourth-order valence-corrected chi connectivity index (χ4v) is 2.43. The molecule has 0 radical (unpaired) electrons. The van der Waals surface area contributed by atoms with E-state index in [2.05, 4.69) is 17.3 Å². The van der Waals surface area contributed by atoms with Gasteiger partial charge in [-0.15, -0.1) is 0 Å². The maximum atomic E-state index is 12.0. The Balaban J connectivity index is 1.78. The van der Waals surface area contributed by atoms with Crippen molar-refractivity contribution in [3.05, 3.63) is 33.8 Å². The average Bonchev–Trinajstić information content (AvgIpc) is 2.42. The number of hydrogen-bond acceptors (Lipinski definition) is 3. The standard InChI is InChI=1S/C14H18Cl2N2O2/c1-18-6-7-20-11(9-18)4-5-17-14(19)10-2-3-12(15)13(16)8-10/h2-3,8,11H,4-7,9H2,1H3,(H,17,19). The number of ether oxygens (including phenoxy) is 1. The number of amides is 1. The molecule has 20 heavy (non-hydrogen) atoms. The molecule has 6 heteroatoms. The van der Waals surface area contributed by atoms with Crippen molar-refractivity contribution >= 4 is 29.1 Å². The van der Waals surface area contributed by atoms with Gasteiger partial charge in [0.05, 0.1) is 22.8 Å². The average molecular weight is 317 g/mol. The maximum Gasteiger partial charge on any atom is 0.251 e. The Kier molecular flexibility index (Phi) is 5.66. The Morgan fingerprint density at radius 1 is 1.45 bits per heavy atom. The van der Waals surface area contributed by atoms with Crippen LogP contribution in [0.2, 0.25) is 10.0 Å². The van der Waals surface area contributed by atoms with E-state index in [1.54, 1.807) is 18.2 Å². The van der Waals surface area contributed by atoms with Crippen LogP contribution in [0, 0.1) is 0 Å². The Morgan fingerprint density at radius 2 is 2.25 bits per heavy atom. The molecule has 1 heterocycles. The molecular formula is C14H18Cl2N2O2. The minimum atomic E-state index is -0.146. The molecule has 1 atom stereocenters. The Morgan fingerprint density at radius 3 is 2.95 bits per heavy atom. The number of carbonyl (C=O) groups is 1. The minimum absolute atomic E-state index is 0.146. The summed E-state index contributed by atoms with van der Waals surface area (Å²) in [6.07, 6.45) is 0.986. The van der Waals surface area contributed by atoms with E-state index in [0.29, 0.717) is 22.2 Å². The van der Waals surface area contributed by atoms with Gasteiger partial charge in [0, 0.05) is 25.2 Å². The summed E-state index contributed by atoms with van der Waals surface area (Å²) in [6.45, 7) is 3.20. The fraction of sp³-hybridized carbons (Fsp3) is 0.500. The lowest BCUT2D eigenvalue weighted by Crippen LogP contribution is -2.41. The van der Waals surface area contributed by atoms with Crippen molar-refractivity contribution in [2.24, 2.45) is 0 Å². The minimum Gasteiger partial charge on any atom is -0.375 e. The first-order valence-corrected chi connectivity index (χ1v) is 7.35. The number of halogens is 2. The van der Waals surface area contributed by atoms with Crippen LogP contribution in [0.25, 0.3) is 0 Å². The summed E-state index contributed by atoms with van der Waals surface area (Å²) in [5.41, 5.74) is 0.515. The van der Waals surface area contributed by atoms with Gasteiger partial charge in [-0.3, -0.25) is 4.79 Å². The zero-order chi connectivity index (χ0) is 14.5. The van der Waals surface area contributed by atoms with E-state index in [4.69, 9.17) is 27.9 Å². The Hall–Kier alpha value is -0.810. The van der Waals surface area contributed by atoms with Gasteiger partial charge in [0.1, 0.15) is 0 Å². The predicted octanol–water partition coefficient (Wildman–Crippen LogP) is 2.44. The van der Waals surface area contributed by atoms with Crippen molar-refractivity contribution in [2.45, 2.75) is 12.5 Å². The predicted molar refractivity (Wildman–Crippen MR) is 80.6 cm³/mol. The highest BCUT2D eigenvalue weighted by Gasteiger charge is 2.17. The number of rotatable bonds is 4. The van der Waals surface area contributed by atoms with Gasteiger partial charge in [-0.1, -0.05) is 23.2 Å². The highest BCUT2D eigenvalue weighted by atomic mass is 35.5. The second-order valence-corrected chi connectivity index (χ2v) is 5.74. The van der Waals surface area contributed by atoms with Crippen LogP contribution < -0.4 is 5.32 Å². The van der Waals surface area contributed by atoms with Crippen LogP contribution in [0.5, 0.6) is 0 Å². The summed E-state index contributed by atoms with van der Waals surface area (Å²) in [5.74, 6) is -0.146. The topological polar surface area (TPSA) is 41.6 Å². The van der Waals surface area contributed by atoms with Gasteiger partial charge in [0.15, 0.2) is 0 Å². The summed E-state index contributed by atoms with van der Waals surface area (Å²) >= 11 is 11.7. The van der Waals surface area contributed by atoms with Gasteiger partial charge in [-0.2, -0.15) is 0 Å². The lowest BCUT2D eigenvalue weighted by molar-refractivity contribution is -0.0226. The van der Waals surface area contributed by atoms with Gasteiger partial charge in [-0.05, 0) is 31.7 Å². The summed E-state index contributed by atoms with van der Waals surface area (Å²) in [4.78, 5) is 14.2.